The number of ether oxygens (including phenoxy) is 2. The monoisotopic (exact) mass is 322 g/mol. The fourth-order valence-electron chi connectivity index (χ4n) is 1.55. The third-order valence-electron chi connectivity index (χ3n) is 2.29. The van der Waals surface area contributed by atoms with Crippen molar-refractivity contribution < 1.29 is 23.6 Å². The number of hydrogen-bond donors (Lipinski definition) is 2. The Morgan fingerprint density at radius 2 is 1.10 bits per heavy atom. The molecule has 0 saturated heterocycles. The zero-order valence-electron chi connectivity index (χ0n) is 13.8. The van der Waals surface area contributed by atoms with Crippen LogP contribution < -0.4 is 10.2 Å². The second-order valence-electron chi connectivity index (χ2n) is 5.60. The van der Waals surface area contributed by atoms with Gasteiger partial charge in [0.05, 0.1) is 12.2 Å². The normalized spacial score (nSPS) is 14.9. The minimum atomic E-state index is -3.10. The van der Waals surface area contributed by atoms with E-state index in [4.69, 9.17) is 9.47 Å². The van der Waals surface area contributed by atoms with Crippen LogP contribution in [0.1, 0.15) is 41.5 Å². The molecule has 0 heterocycles. The van der Waals surface area contributed by atoms with Crippen molar-refractivity contribution in [3.8, 4) is 0 Å². The molecule has 0 amide bonds. The molecule has 7 nitrogen and oxygen atoms in total. The van der Waals surface area contributed by atoms with Crippen molar-refractivity contribution in [1.29, 1.82) is 0 Å². The summed E-state index contributed by atoms with van der Waals surface area (Å²) < 4.78 is 22.4. The van der Waals surface area contributed by atoms with Crippen LogP contribution >= 0.6 is 7.44 Å². The molecule has 0 aromatic heterocycles. The van der Waals surface area contributed by atoms with E-state index in [1.807, 2.05) is 0 Å². The van der Waals surface area contributed by atoms with Crippen LogP contribution in [-0.4, -0.2) is 42.9 Å². The number of carbonyl (C=O) groups excluding carboxylic acids is 2. The molecule has 2 N–H and O–H groups in total. The average molecular weight is 322 g/mol. The van der Waals surface area contributed by atoms with Crippen LogP contribution in [0.2, 0.25) is 0 Å². The first-order chi connectivity index (χ1) is 9.44. The number of rotatable bonds is 8. The first-order valence-electron chi connectivity index (χ1n) is 6.98. The molecule has 0 saturated carbocycles. The molecule has 2 atom stereocenters. The van der Waals surface area contributed by atoms with Crippen LogP contribution in [-0.2, 0) is 23.6 Å². The smallest absolute Gasteiger partial charge is 0.323 e. The second-order valence-corrected chi connectivity index (χ2v) is 7.96. The minimum absolute atomic E-state index is 0.245. The number of hydrogen-bond acceptors (Lipinski definition) is 5. The zero-order chi connectivity index (χ0) is 16.8. The molecule has 0 unspecified atom stereocenters. The highest BCUT2D eigenvalue weighted by Crippen LogP contribution is 2.32. The van der Waals surface area contributed by atoms with E-state index in [2.05, 4.69) is 10.2 Å². The molecule has 0 rings (SSSR count). The molecule has 8 heteroatoms. The zero-order valence-corrected chi connectivity index (χ0v) is 14.7. The van der Waals surface area contributed by atoms with Gasteiger partial charge in [-0.25, -0.2) is 10.2 Å². The van der Waals surface area contributed by atoms with Crippen LogP contribution in [0.4, 0.5) is 0 Å². The van der Waals surface area contributed by atoms with Crippen LogP contribution in [0.25, 0.3) is 0 Å². The quantitative estimate of drug-likeness (QED) is 0.518. The predicted molar refractivity (Wildman–Crippen MR) is 81.2 cm³/mol. The molecule has 0 aliphatic heterocycles. The molecular weight excluding hydrogens is 295 g/mol. The van der Waals surface area contributed by atoms with Gasteiger partial charge in [0.1, 0.15) is 12.1 Å². The maximum Gasteiger partial charge on any atom is 0.323 e. The van der Waals surface area contributed by atoms with Crippen LogP contribution in [0.15, 0.2) is 0 Å². The van der Waals surface area contributed by atoms with Crippen molar-refractivity contribution in [2.75, 3.05) is 6.66 Å². The van der Waals surface area contributed by atoms with Crippen LogP contribution in [0, 0.1) is 0 Å². The number of nitrogens with one attached hydrogen (secondary N) is 2. The maximum atomic E-state index is 12.4. The fourth-order valence-corrected chi connectivity index (χ4v) is 3.31. The standard InChI is InChI=1S/C13H27N2O5P/c1-8(2)19-12(16)10(5)14-21(7,18)15-11(6)13(17)20-9(3)4/h8-11H,1-7H3,(H2,14,15,18)/t10-,11-/m0/s1. The third-order valence-corrected chi connectivity index (χ3v) is 4.05. The van der Waals surface area contributed by atoms with Crippen molar-refractivity contribution in [1.82, 2.24) is 10.2 Å². The van der Waals surface area contributed by atoms with E-state index in [-0.39, 0.29) is 12.2 Å². The summed E-state index contributed by atoms with van der Waals surface area (Å²) in [4.78, 5) is 23.3. The second kappa shape index (κ2) is 8.51. The lowest BCUT2D eigenvalue weighted by molar-refractivity contribution is -0.149. The summed E-state index contributed by atoms with van der Waals surface area (Å²) >= 11 is 0. The summed E-state index contributed by atoms with van der Waals surface area (Å²) in [6, 6.07) is -1.49. The van der Waals surface area contributed by atoms with Crippen molar-refractivity contribution >= 4 is 19.4 Å². The average Bonchev–Trinajstić information content (AvgIpc) is 2.25. The highest BCUT2D eigenvalue weighted by atomic mass is 31.2. The summed E-state index contributed by atoms with van der Waals surface area (Å²) in [6.45, 7) is 11.5. The van der Waals surface area contributed by atoms with Crippen molar-refractivity contribution in [2.24, 2.45) is 0 Å². The molecule has 0 spiro atoms. The highest BCUT2D eigenvalue weighted by molar-refractivity contribution is 7.59. The Morgan fingerprint density at radius 3 is 1.33 bits per heavy atom. The Kier molecular flexibility index (Phi) is 8.14. The van der Waals surface area contributed by atoms with Gasteiger partial charge in [-0.15, -0.1) is 0 Å². The van der Waals surface area contributed by atoms with Crippen molar-refractivity contribution in [3.63, 3.8) is 0 Å². The predicted octanol–water partition coefficient (Wildman–Crippen LogP) is 1.67. The number of carbonyl (C=O) groups is 2. The van der Waals surface area contributed by atoms with Gasteiger partial charge < -0.3 is 9.47 Å². The van der Waals surface area contributed by atoms with Gasteiger partial charge in [-0.1, -0.05) is 0 Å². The topological polar surface area (TPSA) is 93.7 Å². The fraction of sp³-hybridized carbons (Fsp3) is 0.846. The van der Waals surface area contributed by atoms with Crippen molar-refractivity contribution in [3.05, 3.63) is 0 Å². The molecule has 0 aromatic rings. The molecule has 0 radical (unpaired) electrons. The van der Waals surface area contributed by atoms with E-state index in [1.165, 1.54) is 6.66 Å². The lowest BCUT2D eigenvalue weighted by Crippen LogP contribution is -2.42. The lowest BCUT2D eigenvalue weighted by atomic mass is 10.4. The molecule has 0 aliphatic carbocycles. The maximum absolute atomic E-state index is 12.4. The van der Waals surface area contributed by atoms with Gasteiger partial charge in [0, 0.05) is 6.66 Å². The summed E-state index contributed by atoms with van der Waals surface area (Å²) in [6.07, 6.45) is -0.489. The van der Waals surface area contributed by atoms with E-state index in [0.29, 0.717) is 0 Å². The highest BCUT2D eigenvalue weighted by Gasteiger charge is 2.28. The van der Waals surface area contributed by atoms with E-state index in [0.717, 1.165) is 0 Å². The molecule has 0 fully saturated rings. The summed E-state index contributed by atoms with van der Waals surface area (Å²) in [5.74, 6) is -0.988. The summed E-state index contributed by atoms with van der Waals surface area (Å²) in [5.41, 5.74) is 0. The van der Waals surface area contributed by atoms with Gasteiger partial charge in [-0.05, 0) is 41.5 Å². The largest absolute Gasteiger partial charge is 0.462 e. The first-order valence-corrected chi connectivity index (χ1v) is 9.14. The first kappa shape index (κ1) is 20.1. The lowest BCUT2D eigenvalue weighted by Gasteiger charge is -2.24. The van der Waals surface area contributed by atoms with Gasteiger partial charge in [-0.3, -0.25) is 14.2 Å². The Bertz CT molecular complexity index is 377. The van der Waals surface area contributed by atoms with E-state index >= 15 is 0 Å². The third kappa shape index (κ3) is 8.86. The van der Waals surface area contributed by atoms with Gasteiger partial charge in [-0.2, -0.15) is 0 Å². The Labute approximate surface area is 126 Å². The van der Waals surface area contributed by atoms with Gasteiger partial charge in [0.2, 0.25) is 7.44 Å². The van der Waals surface area contributed by atoms with Crippen molar-refractivity contribution in [2.45, 2.75) is 65.8 Å². The molecule has 21 heavy (non-hydrogen) atoms. The molecule has 0 bridgehead atoms. The van der Waals surface area contributed by atoms with Gasteiger partial charge >= 0.3 is 11.9 Å². The minimum Gasteiger partial charge on any atom is -0.462 e. The Hall–Kier alpha value is -0.910. The van der Waals surface area contributed by atoms with E-state index in [1.54, 1.807) is 41.5 Å². The Balaban J connectivity index is 4.52. The summed E-state index contributed by atoms with van der Waals surface area (Å²) in [7, 11) is -3.10. The van der Waals surface area contributed by atoms with Crippen LogP contribution in [0.3, 0.4) is 0 Å². The number of esters is 2. The SMILES string of the molecule is CC(C)OC(=O)[C@H](C)NP(C)(=O)N[C@@H](C)C(=O)OC(C)C. The Morgan fingerprint density at radius 1 is 0.810 bits per heavy atom. The molecular formula is C13H27N2O5P. The summed E-state index contributed by atoms with van der Waals surface area (Å²) in [5, 5.41) is 5.33. The van der Waals surface area contributed by atoms with E-state index < -0.39 is 31.5 Å². The van der Waals surface area contributed by atoms with Gasteiger partial charge in [0.15, 0.2) is 0 Å². The molecule has 124 valence electrons. The van der Waals surface area contributed by atoms with E-state index in [9.17, 15) is 14.2 Å². The van der Waals surface area contributed by atoms with Crippen LogP contribution in [0.5, 0.6) is 0 Å². The molecule has 0 aliphatic rings. The van der Waals surface area contributed by atoms with Gasteiger partial charge in [0.25, 0.3) is 0 Å². The molecule has 0 aromatic carbocycles.